The highest BCUT2D eigenvalue weighted by molar-refractivity contribution is 6.30. The molecule has 1 aliphatic rings. The van der Waals surface area contributed by atoms with Crippen LogP contribution in [0.5, 0.6) is 0 Å². The molecule has 1 unspecified atom stereocenters. The van der Waals surface area contributed by atoms with Crippen LogP contribution in [0.1, 0.15) is 6.42 Å². The SMILES string of the molecule is OC1CCN(c2ccnc(-c3ccc(Cl)c(F)c3)n2)C1. The Bertz CT molecular complexity index is 638. The molecule has 0 bridgehead atoms. The second-order valence-corrected chi connectivity index (χ2v) is 5.16. The van der Waals surface area contributed by atoms with Crippen LogP contribution in [0.25, 0.3) is 11.4 Å². The van der Waals surface area contributed by atoms with Crippen molar-refractivity contribution in [2.75, 3.05) is 18.0 Å². The molecule has 1 aromatic heterocycles. The minimum atomic E-state index is -0.491. The minimum Gasteiger partial charge on any atom is -0.391 e. The van der Waals surface area contributed by atoms with Gasteiger partial charge in [0.2, 0.25) is 0 Å². The first-order chi connectivity index (χ1) is 9.63. The van der Waals surface area contributed by atoms with Gasteiger partial charge in [0, 0.05) is 24.8 Å². The van der Waals surface area contributed by atoms with Crippen molar-refractivity contribution in [2.24, 2.45) is 0 Å². The first-order valence-corrected chi connectivity index (χ1v) is 6.73. The Morgan fingerprint density at radius 3 is 2.90 bits per heavy atom. The van der Waals surface area contributed by atoms with Gasteiger partial charge in [0.15, 0.2) is 5.82 Å². The Kier molecular flexibility index (Phi) is 3.54. The quantitative estimate of drug-likeness (QED) is 0.924. The van der Waals surface area contributed by atoms with Crippen LogP contribution < -0.4 is 4.90 Å². The molecule has 0 amide bonds. The normalized spacial score (nSPS) is 18.6. The third-order valence-electron chi connectivity index (χ3n) is 3.31. The van der Waals surface area contributed by atoms with E-state index >= 15 is 0 Å². The van der Waals surface area contributed by atoms with E-state index in [1.165, 1.54) is 12.1 Å². The van der Waals surface area contributed by atoms with E-state index in [9.17, 15) is 9.50 Å². The van der Waals surface area contributed by atoms with E-state index in [1.807, 2.05) is 4.90 Å². The first kappa shape index (κ1) is 13.3. The predicted octanol–water partition coefficient (Wildman–Crippen LogP) is 2.51. The summed E-state index contributed by atoms with van der Waals surface area (Å²) in [7, 11) is 0. The third kappa shape index (κ3) is 2.59. The number of benzene rings is 1. The lowest BCUT2D eigenvalue weighted by atomic mass is 10.2. The molecule has 1 atom stereocenters. The average Bonchev–Trinajstić information content (AvgIpc) is 2.89. The number of aromatic nitrogens is 2. The van der Waals surface area contributed by atoms with Gasteiger partial charge < -0.3 is 10.0 Å². The van der Waals surface area contributed by atoms with Gasteiger partial charge in [-0.05, 0) is 30.7 Å². The molecule has 0 spiro atoms. The largest absolute Gasteiger partial charge is 0.391 e. The number of aliphatic hydroxyl groups excluding tert-OH is 1. The predicted molar refractivity (Wildman–Crippen MR) is 75.3 cm³/mol. The zero-order valence-electron chi connectivity index (χ0n) is 10.6. The summed E-state index contributed by atoms with van der Waals surface area (Å²) in [5, 5.41) is 9.64. The van der Waals surface area contributed by atoms with Crippen LogP contribution in [0.2, 0.25) is 5.02 Å². The molecule has 104 valence electrons. The lowest BCUT2D eigenvalue weighted by Crippen LogP contribution is -2.22. The molecule has 2 aromatic rings. The molecule has 1 fully saturated rings. The second-order valence-electron chi connectivity index (χ2n) is 4.76. The van der Waals surface area contributed by atoms with Gasteiger partial charge in [-0.25, -0.2) is 14.4 Å². The van der Waals surface area contributed by atoms with Gasteiger partial charge in [0.1, 0.15) is 11.6 Å². The lowest BCUT2D eigenvalue weighted by molar-refractivity contribution is 0.198. The van der Waals surface area contributed by atoms with Gasteiger partial charge in [-0.1, -0.05) is 11.6 Å². The third-order valence-corrected chi connectivity index (χ3v) is 3.61. The van der Waals surface area contributed by atoms with Crippen LogP contribution in [0.15, 0.2) is 30.5 Å². The summed E-state index contributed by atoms with van der Waals surface area (Å²) in [6.07, 6.45) is 2.05. The van der Waals surface area contributed by atoms with Gasteiger partial charge in [-0.2, -0.15) is 0 Å². The van der Waals surface area contributed by atoms with Crippen molar-refractivity contribution < 1.29 is 9.50 Å². The zero-order chi connectivity index (χ0) is 14.1. The highest BCUT2D eigenvalue weighted by Gasteiger charge is 2.21. The van der Waals surface area contributed by atoms with E-state index in [0.717, 1.165) is 18.8 Å². The number of aliphatic hydroxyl groups is 1. The lowest BCUT2D eigenvalue weighted by Gasteiger charge is -2.16. The molecule has 20 heavy (non-hydrogen) atoms. The van der Waals surface area contributed by atoms with Crippen molar-refractivity contribution in [1.82, 2.24) is 9.97 Å². The van der Waals surface area contributed by atoms with Crippen molar-refractivity contribution in [3.63, 3.8) is 0 Å². The monoisotopic (exact) mass is 293 g/mol. The van der Waals surface area contributed by atoms with Gasteiger partial charge in [0.25, 0.3) is 0 Å². The maximum Gasteiger partial charge on any atom is 0.161 e. The number of rotatable bonds is 2. The molecule has 1 saturated heterocycles. The minimum absolute atomic E-state index is 0.0765. The van der Waals surface area contributed by atoms with Gasteiger partial charge in [0.05, 0.1) is 11.1 Å². The molecular formula is C14H13ClFN3O. The summed E-state index contributed by atoms with van der Waals surface area (Å²) in [5.74, 6) is 0.691. The number of hydrogen-bond donors (Lipinski definition) is 1. The van der Waals surface area contributed by atoms with Crippen molar-refractivity contribution in [1.29, 1.82) is 0 Å². The van der Waals surface area contributed by atoms with Crippen LogP contribution in [-0.4, -0.2) is 34.3 Å². The van der Waals surface area contributed by atoms with Crippen molar-refractivity contribution >= 4 is 17.4 Å². The van der Waals surface area contributed by atoms with Crippen LogP contribution in [-0.2, 0) is 0 Å². The molecule has 1 aliphatic heterocycles. The Morgan fingerprint density at radius 1 is 1.35 bits per heavy atom. The van der Waals surface area contributed by atoms with Crippen LogP contribution >= 0.6 is 11.6 Å². The molecule has 0 radical (unpaired) electrons. The van der Waals surface area contributed by atoms with Crippen LogP contribution in [0.3, 0.4) is 0 Å². The summed E-state index contributed by atoms with van der Waals surface area (Å²) < 4.78 is 13.5. The maximum absolute atomic E-state index is 13.5. The number of nitrogens with zero attached hydrogens (tertiary/aromatic N) is 3. The van der Waals surface area contributed by atoms with Crippen molar-refractivity contribution in [3.05, 3.63) is 41.3 Å². The highest BCUT2D eigenvalue weighted by Crippen LogP contribution is 2.24. The molecule has 0 aliphatic carbocycles. The van der Waals surface area contributed by atoms with E-state index in [1.54, 1.807) is 18.3 Å². The van der Waals surface area contributed by atoms with Gasteiger partial charge >= 0.3 is 0 Å². The van der Waals surface area contributed by atoms with Gasteiger partial charge in [-0.15, -0.1) is 0 Å². The maximum atomic E-state index is 13.5. The van der Waals surface area contributed by atoms with E-state index in [2.05, 4.69) is 9.97 Å². The zero-order valence-corrected chi connectivity index (χ0v) is 11.4. The fourth-order valence-electron chi connectivity index (χ4n) is 2.25. The smallest absolute Gasteiger partial charge is 0.161 e. The molecule has 1 aromatic carbocycles. The summed E-state index contributed by atoms with van der Waals surface area (Å²) in [5.41, 5.74) is 0.577. The summed E-state index contributed by atoms with van der Waals surface area (Å²) >= 11 is 5.67. The summed E-state index contributed by atoms with van der Waals surface area (Å²) in [6.45, 7) is 1.32. The van der Waals surface area contributed by atoms with E-state index in [-0.39, 0.29) is 11.1 Å². The topological polar surface area (TPSA) is 49.2 Å². The highest BCUT2D eigenvalue weighted by atomic mass is 35.5. The molecule has 1 N–H and O–H groups in total. The number of β-amino-alcohol motifs (C(OH)–C–C–N with tert-alkyl or cyclic N) is 1. The molecule has 2 heterocycles. The van der Waals surface area contributed by atoms with E-state index < -0.39 is 5.82 Å². The molecular weight excluding hydrogens is 281 g/mol. The first-order valence-electron chi connectivity index (χ1n) is 6.35. The Labute approximate surface area is 120 Å². The summed E-state index contributed by atoms with van der Waals surface area (Å²) in [6, 6.07) is 6.28. The Balaban J connectivity index is 1.92. The standard InChI is InChI=1S/C14H13ClFN3O/c15-11-2-1-9(7-12(11)16)14-17-5-3-13(18-14)19-6-4-10(20)8-19/h1-3,5,7,10,20H,4,6,8H2. The molecule has 6 heteroatoms. The van der Waals surface area contributed by atoms with Crippen molar-refractivity contribution in [3.8, 4) is 11.4 Å². The van der Waals surface area contributed by atoms with Crippen molar-refractivity contribution in [2.45, 2.75) is 12.5 Å². The second kappa shape index (κ2) is 5.34. The number of halogens is 2. The van der Waals surface area contributed by atoms with Crippen LogP contribution in [0, 0.1) is 5.82 Å². The Morgan fingerprint density at radius 2 is 2.20 bits per heavy atom. The average molecular weight is 294 g/mol. The molecule has 0 saturated carbocycles. The molecule has 4 nitrogen and oxygen atoms in total. The number of hydrogen-bond acceptors (Lipinski definition) is 4. The van der Waals surface area contributed by atoms with Gasteiger partial charge in [-0.3, -0.25) is 0 Å². The van der Waals surface area contributed by atoms with E-state index in [4.69, 9.17) is 11.6 Å². The fraction of sp³-hybridized carbons (Fsp3) is 0.286. The molecule has 3 rings (SSSR count). The van der Waals surface area contributed by atoms with Crippen LogP contribution in [0.4, 0.5) is 10.2 Å². The van der Waals surface area contributed by atoms with E-state index in [0.29, 0.717) is 17.9 Å². The summed E-state index contributed by atoms with van der Waals surface area (Å²) in [4.78, 5) is 10.6. The fourth-order valence-corrected chi connectivity index (χ4v) is 2.37. The number of anilines is 1. The Hall–Kier alpha value is -1.72.